The van der Waals surface area contributed by atoms with E-state index in [1.165, 1.54) is 48.5 Å². The van der Waals surface area contributed by atoms with Crippen molar-refractivity contribution in [3.8, 4) is 11.5 Å². The summed E-state index contributed by atoms with van der Waals surface area (Å²) in [6.07, 6.45) is 3.05. The molecule has 2 aliphatic heterocycles. The highest BCUT2D eigenvalue weighted by molar-refractivity contribution is 6.02. The fraction of sp³-hybridized carbons (Fsp3) is 0.529. The van der Waals surface area contributed by atoms with Crippen molar-refractivity contribution in [1.29, 1.82) is 0 Å². The first kappa shape index (κ1) is 120. The summed E-state index contributed by atoms with van der Waals surface area (Å²) < 4.78 is 104. The molecule has 2 aliphatic rings. The maximum absolute atomic E-state index is 11.7. The average molecular weight is 1990 g/mol. The van der Waals surface area contributed by atoms with Crippen molar-refractivity contribution in [2.45, 2.75) is 89.9 Å². The van der Waals surface area contributed by atoms with Crippen LogP contribution in [0.15, 0.2) is 97.1 Å². The Morgan fingerprint density at radius 2 is 0.571 bits per heavy atom. The molecule has 0 atom stereocenters. The van der Waals surface area contributed by atoms with E-state index in [-0.39, 0.29) is 187 Å². The van der Waals surface area contributed by atoms with Crippen LogP contribution >= 0.6 is 0 Å². The molecule has 0 bridgehead atoms. The smallest absolute Gasteiger partial charge is 0.465 e. The van der Waals surface area contributed by atoms with Gasteiger partial charge in [-0.15, -0.1) is 20.3 Å². The molecule has 0 aliphatic carbocycles. The number of non-ortho nitro benzene ring substituents is 2. The van der Waals surface area contributed by atoms with Gasteiger partial charge in [0, 0.05) is 102 Å². The fourth-order valence-electron chi connectivity index (χ4n) is 9.81. The molecule has 2 aromatic heterocycles. The molecule has 2 fully saturated rings. The van der Waals surface area contributed by atoms with Crippen molar-refractivity contribution in [2.24, 2.45) is 0 Å². The number of nitro benzene ring substituents is 2. The highest BCUT2D eigenvalue weighted by atomic mass is 16.8. The van der Waals surface area contributed by atoms with Gasteiger partial charge in [0.15, 0.2) is 0 Å². The molecule has 4 aromatic carbocycles. The summed E-state index contributed by atoms with van der Waals surface area (Å²) in [5, 5.41) is 37.3. The zero-order chi connectivity index (χ0) is 102. The SMILES string of the molecule is O=C(CCCOCCOCCCC(=O)ON1C(=O)CCC1=O)ON1C(=O)CCC1=O.O=C(CCCOCCOCCOC(=O)Oc1ccc([N+](=O)[O-])cc1)Oc1ccc([N+](=O)[O-])cc1.O=C(OCCOCCOCCOC(=O)On1nnc2ccccc21)On1nnc2ccccc21.O=CCCCOCCOCCCC=O.O=COCCOCCOCCOC=O.O=COCCOCCOCCOC=O. The predicted molar refractivity (Wildman–Crippen MR) is 465 cm³/mol. The second kappa shape index (κ2) is 80.8. The highest BCUT2D eigenvalue weighted by Gasteiger charge is 2.34. The van der Waals surface area contributed by atoms with Crippen LogP contribution in [0.1, 0.15) is 89.9 Å². The van der Waals surface area contributed by atoms with E-state index < -0.39 is 69.8 Å². The molecule has 0 N–H and O–H groups in total. The number of carbonyl (C=O) groups is 16. The van der Waals surface area contributed by atoms with Crippen LogP contribution in [0.3, 0.4) is 0 Å². The minimum Gasteiger partial charge on any atom is -0.465 e. The lowest BCUT2D eigenvalue weighted by Gasteiger charge is -2.12. The van der Waals surface area contributed by atoms with Gasteiger partial charge >= 0.3 is 36.4 Å². The monoisotopic (exact) mass is 1990 g/mol. The number of hydrogen-bond acceptors (Lipinski definition) is 49. The lowest BCUT2D eigenvalue weighted by molar-refractivity contribution is -0.385. The fourth-order valence-corrected chi connectivity index (χ4v) is 9.81. The third-order valence-corrected chi connectivity index (χ3v) is 16.3. The Hall–Kier alpha value is -14.3. The van der Waals surface area contributed by atoms with Crippen LogP contribution in [0.5, 0.6) is 11.5 Å². The molecule has 55 nitrogen and oxygen atoms in total. The maximum atomic E-state index is 11.7. The standard InChI is InChI=1S/C21H22N2O11.C20H20N6O8.C18H24N2O10.C10H18O4.2C8H14O6/c24-20(33-18-7-3-16(4-8-18)22(26)27)2-1-11-30-12-13-31-14-15-32-21(25)34-19-9-5-17(6-10-19)23(28)29;27-19(33-25-17-7-3-1-5-15(17)21-23-25)31-13-11-29-9-10-30-12-14-32-20(28)34-26-18-8-4-2-6-16(18)22-24-26;21-13-5-6-14(22)19(13)29-17(25)3-1-9-27-11-12-28-10-2-4-18(26)30-20-15(23)7-8-16(20)24;11-5-1-3-7-13-9-10-14-8-4-2-6-12;2*9-7-13-5-3-11-1-2-12-4-6-14-8-10/h3-10H,1-2,11-15H2;1-8H,9-14H2;1-12H2;5-6H,1-4,7-10H2;2*7-8H,1-6H2. The van der Waals surface area contributed by atoms with Crippen molar-refractivity contribution < 1.29 is 205 Å². The van der Waals surface area contributed by atoms with E-state index >= 15 is 0 Å². The van der Waals surface area contributed by atoms with Crippen LogP contribution in [0.4, 0.5) is 25.8 Å². The topological polar surface area (TPSA) is 658 Å². The summed E-state index contributed by atoms with van der Waals surface area (Å²) in [7, 11) is 0. The lowest BCUT2D eigenvalue weighted by atomic mass is 10.3. The van der Waals surface area contributed by atoms with Gasteiger partial charge in [0.1, 0.15) is 92.4 Å². The van der Waals surface area contributed by atoms with Crippen molar-refractivity contribution in [2.75, 3.05) is 205 Å². The van der Waals surface area contributed by atoms with E-state index in [2.05, 4.69) is 39.6 Å². The number of para-hydroxylation sites is 2. The molecular formula is C85H112N10O45. The van der Waals surface area contributed by atoms with Gasteiger partial charge in [0.25, 0.3) is 60.9 Å². The number of hydrogen-bond donors (Lipinski definition) is 0. The number of hydroxylamine groups is 4. The highest BCUT2D eigenvalue weighted by Crippen LogP contribution is 2.21. The zero-order valence-electron chi connectivity index (χ0n) is 76.4. The van der Waals surface area contributed by atoms with Crippen LogP contribution in [-0.2, 0) is 162 Å². The summed E-state index contributed by atoms with van der Waals surface area (Å²) in [6, 6.07) is 24.2. The first-order chi connectivity index (χ1) is 68.2. The number of nitro groups is 2. The van der Waals surface area contributed by atoms with E-state index in [4.69, 9.17) is 99.9 Å². The number of ether oxygens (including phenoxy) is 21. The van der Waals surface area contributed by atoms with Crippen LogP contribution in [0.25, 0.3) is 22.1 Å². The third-order valence-electron chi connectivity index (χ3n) is 16.3. The van der Waals surface area contributed by atoms with Gasteiger partial charge in [-0.05, 0) is 91.1 Å². The molecule has 140 heavy (non-hydrogen) atoms. The van der Waals surface area contributed by atoms with Crippen molar-refractivity contribution in [3.05, 3.63) is 117 Å². The Morgan fingerprint density at radius 1 is 0.307 bits per heavy atom. The number of fused-ring (bicyclic) bond motifs is 2. The van der Waals surface area contributed by atoms with Gasteiger partial charge in [-0.2, -0.15) is 0 Å². The second-order valence-electron chi connectivity index (χ2n) is 26.7. The normalized spacial score (nSPS) is 11.6. The van der Waals surface area contributed by atoms with Crippen LogP contribution in [0, 0.1) is 20.2 Å². The number of nitrogens with zero attached hydrogens (tertiary/aromatic N) is 10. The van der Waals surface area contributed by atoms with Crippen LogP contribution in [-0.4, -0.2) is 354 Å². The molecular weight excluding hydrogens is 1880 g/mol. The molecule has 2 saturated heterocycles. The Labute approximate surface area is 798 Å². The summed E-state index contributed by atoms with van der Waals surface area (Å²) in [5.74, 6) is -3.58. The first-order valence-electron chi connectivity index (χ1n) is 43.2. The lowest BCUT2D eigenvalue weighted by Crippen LogP contribution is -2.32. The molecule has 6 aromatic rings. The van der Waals surface area contributed by atoms with Crippen molar-refractivity contribution in [3.63, 3.8) is 0 Å². The molecule has 0 spiro atoms. The third kappa shape index (κ3) is 60.3. The number of aromatic nitrogens is 6. The van der Waals surface area contributed by atoms with Gasteiger partial charge in [-0.3, -0.25) is 73.1 Å². The summed E-state index contributed by atoms with van der Waals surface area (Å²) >= 11 is 0. The quantitative estimate of drug-likeness (QED) is 0.00498. The molecule has 0 unspecified atom stereocenters. The average Bonchev–Trinajstić information content (AvgIpc) is 1.69. The Bertz CT molecular complexity index is 4180. The largest absolute Gasteiger partial charge is 0.535 e. The molecule has 4 amide bonds. The van der Waals surface area contributed by atoms with Crippen molar-refractivity contribution in [1.82, 2.24) is 40.4 Å². The zero-order valence-corrected chi connectivity index (χ0v) is 76.4. The molecule has 55 heteroatoms. The number of benzene rings is 4. The first-order valence-corrected chi connectivity index (χ1v) is 43.2. The van der Waals surface area contributed by atoms with E-state index in [9.17, 15) is 96.9 Å². The van der Waals surface area contributed by atoms with Gasteiger partial charge in [-0.1, -0.05) is 34.0 Å². The number of amides is 4. The van der Waals surface area contributed by atoms with Gasteiger partial charge in [0.05, 0.1) is 148 Å². The second-order valence-corrected chi connectivity index (χ2v) is 26.7. The van der Waals surface area contributed by atoms with E-state index in [1.54, 1.807) is 48.5 Å². The molecule has 0 radical (unpaired) electrons. The van der Waals surface area contributed by atoms with E-state index in [0.717, 1.165) is 35.1 Å². The van der Waals surface area contributed by atoms with Gasteiger partial charge in [-0.25, -0.2) is 24.0 Å². The van der Waals surface area contributed by atoms with E-state index in [1.807, 2.05) is 0 Å². The molecule has 8 rings (SSSR count). The predicted octanol–water partition coefficient (Wildman–Crippen LogP) is 3.98. The van der Waals surface area contributed by atoms with Gasteiger partial charge in [0.2, 0.25) is 0 Å². The van der Waals surface area contributed by atoms with Gasteiger partial charge < -0.3 is 119 Å². The minimum absolute atomic E-state index is 0.00204. The number of carbonyl (C=O) groups excluding carboxylic acids is 16. The molecule has 772 valence electrons. The Balaban J connectivity index is 0.000000451. The van der Waals surface area contributed by atoms with Crippen LogP contribution < -0.4 is 19.1 Å². The number of aldehydes is 2. The van der Waals surface area contributed by atoms with E-state index in [0.29, 0.717) is 176 Å². The van der Waals surface area contributed by atoms with Crippen LogP contribution in [0.2, 0.25) is 0 Å². The minimum atomic E-state index is -0.964. The number of rotatable bonds is 71. The Kier molecular flexibility index (Phi) is 69.2. The maximum Gasteiger partial charge on any atom is 0.535 e. The summed E-state index contributed by atoms with van der Waals surface area (Å²) in [5.41, 5.74) is 2.03. The number of unbranched alkanes of at least 4 members (excludes halogenated alkanes) is 2. The molecule has 0 saturated carbocycles. The summed E-state index contributed by atoms with van der Waals surface area (Å²) in [6.45, 7) is 10.6. The number of imide groups is 2. The summed E-state index contributed by atoms with van der Waals surface area (Å²) in [4.78, 5) is 215. The Morgan fingerprint density at radius 3 is 0.871 bits per heavy atom. The number of esters is 1. The molecule has 4 heterocycles. The van der Waals surface area contributed by atoms with Crippen molar-refractivity contribution >= 4 is 132 Å².